The molecule has 132 valence electrons. The van der Waals surface area contributed by atoms with E-state index in [2.05, 4.69) is 9.71 Å². The monoisotopic (exact) mass is 391 g/mol. The van der Waals surface area contributed by atoms with Crippen LogP contribution in [0.5, 0.6) is 0 Å². The Morgan fingerprint density at radius 1 is 1.12 bits per heavy atom. The number of nitrogens with one attached hydrogen (secondary N) is 2. The van der Waals surface area contributed by atoms with Crippen LogP contribution in [-0.4, -0.2) is 45.5 Å². The van der Waals surface area contributed by atoms with Crippen molar-refractivity contribution in [1.29, 1.82) is 0 Å². The summed E-state index contributed by atoms with van der Waals surface area (Å²) in [6.45, 7) is 0.949. The molecule has 6 nitrogen and oxygen atoms in total. The summed E-state index contributed by atoms with van der Waals surface area (Å²) < 4.78 is 26.8. The third-order valence-electron chi connectivity index (χ3n) is 3.19. The number of aromatic amines is 1. The summed E-state index contributed by atoms with van der Waals surface area (Å²) in [5.74, 6) is 0. The average Bonchev–Trinajstić information content (AvgIpc) is 2.49. The molecule has 2 N–H and O–H groups in total. The number of hydrogen-bond donors (Lipinski definition) is 2. The lowest BCUT2D eigenvalue weighted by Crippen LogP contribution is -2.31. The molecule has 0 unspecified atom stereocenters. The van der Waals surface area contributed by atoms with Crippen LogP contribution in [0, 0.1) is 0 Å². The smallest absolute Gasteiger partial charge is 0.267 e. The lowest BCUT2D eigenvalue weighted by molar-refractivity contribution is 0.412. The molecule has 0 aliphatic rings. The third-order valence-corrected chi connectivity index (χ3v) is 4.96. The molecule has 0 amide bonds. The second-order valence-electron chi connectivity index (χ2n) is 5.27. The summed E-state index contributed by atoms with van der Waals surface area (Å²) >= 11 is 5.69. The van der Waals surface area contributed by atoms with E-state index in [1.54, 1.807) is 18.2 Å². The van der Waals surface area contributed by atoms with Gasteiger partial charge in [-0.15, -0.1) is 12.4 Å². The summed E-state index contributed by atoms with van der Waals surface area (Å²) in [4.78, 5) is 16.2. The maximum absolute atomic E-state index is 12.2. The van der Waals surface area contributed by atoms with Crippen LogP contribution in [0.2, 0.25) is 5.02 Å². The molecule has 0 bridgehead atoms. The molecule has 1 heterocycles. The molecule has 9 heteroatoms. The van der Waals surface area contributed by atoms with E-state index in [9.17, 15) is 13.2 Å². The standard InChI is InChI=1S/C15H18ClN3O3S.ClH/c1-19(2)10-9-17-23(21,22)12-5-3-11(4-6-12)14-8-7-13(16)15(20)18-14;/h3-8,17H,9-10H2,1-2H3,(H,18,20);1H. The maximum Gasteiger partial charge on any atom is 0.267 e. The van der Waals surface area contributed by atoms with E-state index in [1.807, 2.05) is 19.0 Å². The van der Waals surface area contributed by atoms with Gasteiger partial charge in [0.05, 0.1) is 4.90 Å². The van der Waals surface area contributed by atoms with Crippen molar-refractivity contribution in [2.24, 2.45) is 0 Å². The topological polar surface area (TPSA) is 82.3 Å². The van der Waals surface area contributed by atoms with E-state index >= 15 is 0 Å². The first-order valence-corrected chi connectivity index (χ1v) is 8.79. The van der Waals surface area contributed by atoms with Gasteiger partial charge < -0.3 is 9.88 Å². The second-order valence-corrected chi connectivity index (χ2v) is 7.45. The number of H-pyrrole nitrogens is 1. The first-order chi connectivity index (χ1) is 10.8. The van der Waals surface area contributed by atoms with E-state index in [0.717, 1.165) is 0 Å². The molecule has 0 fully saturated rings. The lowest BCUT2D eigenvalue weighted by atomic mass is 10.1. The van der Waals surface area contributed by atoms with E-state index < -0.39 is 10.0 Å². The van der Waals surface area contributed by atoms with Gasteiger partial charge in [-0.25, -0.2) is 13.1 Å². The maximum atomic E-state index is 12.2. The van der Waals surface area contributed by atoms with Crippen LogP contribution in [0.25, 0.3) is 11.3 Å². The highest BCUT2D eigenvalue weighted by Gasteiger charge is 2.13. The summed E-state index contributed by atoms with van der Waals surface area (Å²) in [6.07, 6.45) is 0. The van der Waals surface area contributed by atoms with Gasteiger partial charge in [0.25, 0.3) is 5.56 Å². The molecule has 0 saturated carbocycles. The third kappa shape index (κ3) is 5.32. The Bertz CT molecular complexity index is 834. The zero-order valence-electron chi connectivity index (χ0n) is 13.2. The summed E-state index contributed by atoms with van der Waals surface area (Å²) in [5.41, 5.74) is 0.890. The van der Waals surface area contributed by atoms with Crippen LogP contribution in [0.4, 0.5) is 0 Å². The van der Waals surface area contributed by atoms with Crippen LogP contribution in [0.3, 0.4) is 0 Å². The van der Waals surface area contributed by atoms with Crippen molar-refractivity contribution >= 4 is 34.0 Å². The fraction of sp³-hybridized carbons (Fsp3) is 0.267. The fourth-order valence-corrected chi connectivity index (χ4v) is 3.06. The van der Waals surface area contributed by atoms with E-state index in [-0.39, 0.29) is 27.9 Å². The van der Waals surface area contributed by atoms with Crippen molar-refractivity contribution in [3.05, 3.63) is 51.8 Å². The van der Waals surface area contributed by atoms with Gasteiger partial charge in [0, 0.05) is 18.8 Å². The van der Waals surface area contributed by atoms with Crippen LogP contribution in [0.1, 0.15) is 0 Å². The van der Waals surface area contributed by atoms with Gasteiger partial charge >= 0.3 is 0 Å². The Kier molecular flexibility index (Phi) is 7.44. The number of rotatable bonds is 6. The summed E-state index contributed by atoms with van der Waals surface area (Å²) in [7, 11) is 0.203. The highest BCUT2D eigenvalue weighted by molar-refractivity contribution is 7.89. The van der Waals surface area contributed by atoms with Crippen molar-refractivity contribution in [3.8, 4) is 11.3 Å². The molecule has 0 aliphatic carbocycles. The summed E-state index contributed by atoms with van der Waals surface area (Å²) in [6, 6.07) is 9.45. The SMILES string of the molecule is CN(C)CCNS(=O)(=O)c1ccc(-c2ccc(Cl)c(=O)[nH]2)cc1.Cl. The predicted octanol–water partition coefficient (Wildman–Crippen LogP) is 1.96. The van der Waals surface area contributed by atoms with Crippen LogP contribution >= 0.6 is 24.0 Å². The highest BCUT2D eigenvalue weighted by Crippen LogP contribution is 2.19. The van der Waals surface area contributed by atoms with Crippen molar-refractivity contribution in [2.45, 2.75) is 4.90 Å². The molecular weight excluding hydrogens is 373 g/mol. The molecule has 0 saturated heterocycles. The minimum atomic E-state index is -3.54. The number of pyridine rings is 1. The first-order valence-electron chi connectivity index (χ1n) is 6.93. The van der Waals surface area contributed by atoms with Crippen molar-refractivity contribution in [2.75, 3.05) is 27.2 Å². The van der Waals surface area contributed by atoms with Gasteiger partial charge in [-0.3, -0.25) is 4.79 Å². The molecule has 0 radical (unpaired) electrons. The zero-order valence-corrected chi connectivity index (χ0v) is 15.6. The van der Waals surface area contributed by atoms with E-state index in [0.29, 0.717) is 24.3 Å². The molecule has 1 aromatic carbocycles. The number of nitrogens with zero attached hydrogens (tertiary/aromatic N) is 1. The predicted molar refractivity (Wildman–Crippen MR) is 98.5 cm³/mol. The van der Waals surface area contributed by atoms with Crippen molar-refractivity contribution in [1.82, 2.24) is 14.6 Å². The molecule has 1 aromatic heterocycles. The minimum absolute atomic E-state index is 0. The first kappa shape index (κ1) is 20.7. The Hall–Kier alpha value is -1.38. The van der Waals surface area contributed by atoms with E-state index in [1.165, 1.54) is 18.2 Å². The number of halogens is 2. The Morgan fingerprint density at radius 3 is 2.29 bits per heavy atom. The van der Waals surface area contributed by atoms with Gasteiger partial charge in [-0.05, 0) is 43.9 Å². The molecule has 0 aliphatic heterocycles. The van der Waals surface area contributed by atoms with E-state index in [4.69, 9.17) is 11.6 Å². The second kappa shape index (κ2) is 8.64. The van der Waals surface area contributed by atoms with Crippen molar-refractivity contribution in [3.63, 3.8) is 0 Å². The quantitative estimate of drug-likeness (QED) is 0.788. The van der Waals surface area contributed by atoms with Gasteiger partial charge in [-0.2, -0.15) is 0 Å². The molecule has 2 aromatic rings. The highest BCUT2D eigenvalue weighted by atomic mass is 35.5. The van der Waals surface area contributed by atoms with Crippen LogP contribution in [0.15, 0.2) is 46.1 Å². The van der Waals surface area contributed by atoms with Crippen LogP contribution in [-0.2, 0) is 10.0 Å². The average molecular weight is 392 g/mol. The Morgan fingerprint density at radius 2 is 1.75 bits per heavy atom. The van der Waals surface area contributed by atoms with Crippen molar-refractivity contribution < 1.29 is 8.42 Å². The number of hydrogen-bond acceptors (Lipinski definition) is 4. The van der Waals surface area contributed by atoms with Gasteiger partial charge in [0.2, 0.25) is 10.0 Å². The summed E-state index contributed by atoms with van der Waals surface area (Å²) in [5, 5.41) is 0.109. The fourth-order valence-electron chi connectivity index (χ4n) is 1.92. The Balaban J connectivity index is 0.00000288. The number of sulfonamides is 1. The largest absolute Gasteiger partial charge is 0.321 e. The van der Waals surface area contributed by atoms with Gasteiger partial charge in [0.15, 0.2) is 0 Å². The van der Waals surface area contributed by atoms with Gasteiger partial charge in [-0.1, -0.05) is 23.7 Å². The van der Waals surface area contributed by atoms with Gasteiger partial charge in [0.1, 0.15) is 5.02 Å². The molecule has 24 heavy (non-hydrogen) atoms. The molecule has 0 atom stereocenters. The lowest BCUT2D eigenvalue weighted by Gasteiger charge is -2.11. The molecule has 0 spiro atoms. The number of benzene rings is 1. The van der Waals surface area contributed by atoms with Crippen LogP contribution < -0.4 is 10.3 Å². The minimum Gasteiger partial charge on any atom is -0.321 e. The zero-order chi connectivity index (χ0) is 17.0. The molecular formula is C15H19Cl2N3O3S. The number of aromatic nitrogens is 1. The molecule has 2 rings (SSSR count). The Labute approximate surface area is 152 Å². The number of likely N-dealkylation sites (N-methyl/N-ethyl adjacent to an activating group) is 1. The normalized spacial score (nSPS) is 11.3.